The molecular weight excluding hydrogens is 359 g/mol. The van der Waals surface area contributed by atoms with Gasteiger partial charge in [-0.3, -0.25) is 9.59 Å². The van der Waals surface area contributed by atoms with E-state index in [-0.39, 0.29) is 6.61 Å². The maximum absolute atomic E-state index is 12.3. The normalized spacial score (nSPS) is 22.7. The van der Waals surface area contributed by atoms with Gasteiger partial charge in [-0.05, 0) is 18.8 Å². The highest BCUT2D eigenvalue weighted by molar-refractivity contribution is 7.65. The van der Waals surface area contributed by atoms with Crippen molar-refractivity contribution in [1.82, 2.24) is 0 Å². The lowest BCUT2D eigenvalue weighted by molar-refractivity contribution is -0.172. The Balaban J connectivity index is 3.29. The molecule has 1 aliphatic carbocycles. The van der Waals surface area contributed by atoms with Crippen molar-refractivity contribution in [3.05, 3.63) is 0 Å². The molecule has 0 radical (unpaired) electrons. The molecule has 1 fully saturated rings. The van der Waals surface area contributed by atoms with Crippen LogP contribution in [0.1, 0.15) is 19.3 Å². The molecule has 0 bridgehead atoms. The van der Waals surface area contributed by atoms with Gasteiger partial charge in [-0.1, -0.05) is 6.42 Å². The lowest BCUT2D eigenvalue weighted by Gasteiger charge is -2.36. The minimum absolute atomic E-state index is 0.170. The van der Waals surface area contributed by atoms with Crippen LogP contribution in [0.15, 0.2) is 0 Å². The van der Waals surface area contributed by atoms with Gasteiger partial charge in [0.2, 0.25) is 0 Å². The average Bonchev–Trinajstić information content (AvgIpc) is 2.86. The van der Waals surface area contributed by atoms with Crippen LogP contribution in [0.25, 0.3) is 0 Å². The van der Waals surface area contributed by atoms with E-state index in [4.69, 9.17) is 47.4 Å². The standard InChI is InChI=1S/C12H19Cl3O5Si/c1-18-7-9(21(13,14)15)8-5-4-6-12(8,10(16)19-2)11(17)20-3/h8-9H,4-7H2,1-3H3. The van der Waals surface area contributed by atoms with Gasteiger partial charge in [0.15, 0.2) is 5.41 Å². The highest BCUT2D eigenvalue weighted by Crippen LogP contribution is 2.55. The number of ether oxygens (including phenoxy) is 3. The Morgan fingerprint density at radius 3 is 2.10 bits per heavy atom. The van der Waals surface area contributed by atoms with Crippen molar-refractivity contribution < 1.29 is 23.8 Å². The molecule has 9 heteroatoms. The van der Waals surface area contributed by atoms with Crippen LogP contribution in [0.3, 0.4) is 0 Å². The van der Waals surface area contributed by atoms with E-state index in [1.54, 1.807) is 0 Å². The molecule has 2 atom stereocenters. The topological polar surface area (TPSA) is 61.8 Å². The second-order valence-electron chi connectivity index (χ2n) is 5.06. The summed E-state index contributed by atoms with van der Waals surface area (Å²) in [6, 6.07) is -3.20. The highest BCUT2D eigenvalue weighted by atomic mass is 35.8. The summed E-state index contributed by atoms with van der Waals surface area (Å²) in [6.45, 7) is 0.170. The third-order valence-electron chi connectivity index (χ3n) is 4.07. The average molecular weight is 378 g/mol. The molecule has 0 aromatic carbocycles. The van der Waals surface area contributed by atoms with E-state index in [2.05, 4.69) is 0 Å². The Labute approximate surface area is 139 Å². The predicted octanol–water partition coefficient (Wildman–Crippen LogP) is 2.79. The molecular formula is C12H19Cl3O5Si. The molecule has 0 saturated heterocycles. The van der Waals surface area contributed by atoms with Crippen molar-refractivity contribution in [2.24, 2.45) is 11.3 Å². The van der Waals surface area contributed by atoms with Crippen molar-refractivity contribution in [1.29, 1.82) is 0 Å². The number of carbonyl (C=O) groups excluding carboxylic acids is 2. The number of hydrogen-bond acceptors (Lipinski definition) is 5. The molecule has 0 spiro atoms. The molecule has 1 aliphatic rings. The fourth-order valence-electron chi connectivity index (χ4n) is 3.15. The van der Waals surface area contributed by atoms with Gasteiger partial charge in [0.1, 0.15) is 0 Å². The molecule has 1 rings (SSSR count). The fourth-order valence-corrected chi connectivity index (χ4v) is 6.35. The molecule has 1 saturated carbocycles. The summed E-state index contributed by atoms with van der Waals surface area (Å²) in [7, 11) is 3.96. The van der Waals surface area contributed by atoms with E-state index < -0.39 is 34.8 Å². The molecule has 122 valence electrons. The Kier molecular flexibility index (Phi) is 6.80. The van der Waals surface area contributed by atoms with Crippen LogP contribution in [-0.2, 0) is 23.8 Å². The second-order valence-corrected chi connectivity index (χ2v) is 14.0. The first kappa shape index (κ1) is 19.0. The first-order valence-electron chi connectivity index (χ1n) is 6.48. The second kappa shape index (κ2) is 7.50. The van der Waals surface area contributed by atoms with Crippen LogP contribution in [0, 0.1) is 11.3 Å². The van der Waals surface area contributed by atoms with Crippen LogP contribution in [0.2, 0.25) is 5.54 Å². The van der Waals surface area contributed by atoms with E-state index in [0.29, 0.717) is 19.3 Å². The quantitative estimate of drug-likeness (QED) is 0.308. The first-order chi connectivity index (χ1) is 9.75. The van der Waals surface area contributed by atoms with Gasteiger partial charge in [0, 0.05) is 12.7 Å². The van der Waals surface area contributed by atoms with E-state index in [0.717, 1.165) is 0 Å². The third kappa shape index (κ3) is 3.67. The number of hydrogen-bond donors (Lipinski definition) is 0. The molecule has 0 N–H and O–H groups in total. The van der Waals surface area contributed by atoms with E-state index in [9.17, 15) is 9.59 Å². The Morgan fingerprint density at radius 2 is 1.71 bits per heavy atom. The summed E-state index contributed by atoms with van der Waals surface area (Å²) in [5, 5.41) is 0. The van der Waals surface area contributed by atoms with Gasteiger partial charge in [0.05, 0.1) is 20.8 Å². The highest BCUT2D eigenvalue weighted by Gasteiger charge is 2.62. The lowest BCUT2D eigenvalue weighted by Crippen LogP contribution is -2.48. The summed E-state index contributed by atoms with van der Waals surface area (Å²) in [4.78, 5) is 24.6. The largest absolute Gasteiger partial charge is 0.468 e. The van der Waals surface area contributed by atoms with Gasteiger partial charge < -0.3 is 14.2 Å². The van der Waals surface area contributed by atoms with Crippen molar-refractivity contribution in [2.75, 3.05) is 27.9 Å². The molecule has 0 heterocycles. The molecule has 21 heavy (non-hydrogen) atoms. The van der Waals surface area contributed by atoms with Crippen molar-refractivity contribution in [2.45, 2.75) is 24.8 Å². The minimum Gasteiger partial charge on any atom is -0.468 e. The Bertz CT molecular complexity index is 383. The Hall–Kier alpha value is -0.0131. The summed E-state index contributed by atoms with van der Waals surface area (Å²) in [5.74, 6) is -1.74. The van der Waals surface area contributed by atoms with Gasteiger partial charge >= 0.3 is 17.9 Å². The monoisotopic (exact) mass is 376 g/mol. The van der Waals surface area contributed by atoms with Crippen LogP contribution in [-0.4, -0.2) is 45.9 Å². The van der Waals surface area contributed by atoms with E-state index in [1.165, 1.54) is 21.3 Å². The summed E-state index contributed by atoms with van der Waals surface area (Å²) in [5.41, 5.74) is -1.91. The van der Waals surface area contributed by atoms with Gasteiger partial charge in [-0.2, -0.15) is 0 Å². The van der Waals surface area contributed by atoms with Crippen LogP contribution < -0.4 is 0 Å². The molecule has 5 nitrogen and oxygen atoms in total. The van der Waals surface area contributed by atoms with E-state index >= 15 is 0 Å². The number of halogens is 3. The van der Waals surface area contributed by atoms with Crippen LogP contribution in [0.5, 0.6) is 0 Å². The number of methoxy groups -OCH3 is 3. The van der Waals surface area contributed by atoms with Gasteiger partial charge in [-0.15, -0.1) is 33.2 Å². The molecule has 0 aromatic rings. The van der Waals surface area contributed by atoms with Crippen molar-refractivity contribution in [3.8, 4) is 0 Å². The molecule has 0 amide bonds. The maximum Gasteiger partial charge on any atom is 0.346 e. The van der Waals surface area contributed by atoms with Crippen LogP contribution >= 0.6 is 33.2 Å². The Morgan fingerprint density at radius 1 is 1.19 bits per heavy atom. The molecule has 2 unspecified atom stereocenters. The molecule has 0 aromatic heterocycles. The SMILES string of the molecule is COCC(C1CCCC1(C(=O)OC)C(=O)OC)[Si](Cl)(Cl)Cl. The fraction of sp³-hybridized carbons (Fsp3) is 0.833. The number of esters is 2. The van der Waals surface area contributed by atoms with Gasteiger partial charge in [0.25, 0.3) is 0 Å². The van der Waals surface area contributed by atoms with E-state index in [1.807, 2.05) is 0 Å². The van der Waals surface area contributed by atoms with Crippen molar-refractivity contribution >= 4 is 51.2 Å². The van der Waals surface area contributed by atoms with Crippen molar-refractivity contribution in [3.63, 3.8) is 0 Å². The lowest BCUT2D eigenvalue weighted by atomic mass is 9.76. The molecule has 0 aliphatic heterocycles. The third-order valence-corrected chi connectivity index (χ3v) is 8.00. The predicted molar refractivity (Wildman–Crippen MR) is 82.7 cm³/mol. The summed E-state index contributed by atoms with van der Waals surface area (Å²) >= 11 is 18.5. The zero-order valence-corrected chi connectivity index (χ0v) is 15.4. The summed E-state index contributed by atoms with van der Waals surface area (Å²) in [6.07, 6.45) is 1.57. The minimum atomic E-state index is -3.20. The zero-order chi connectivity index (χ0) is 16.3. The smallest absolute Gasteiger partial charge is 0.346 e. The summed E-state index contributed by atoms with van der Waals surface area (Å²) < 4.78 is 14.8. The maximum atomic E-state index is 12.3. The zero-order valence-electron chi connectivity index (χ0n) is 12.2. The number of rotatable bonds is 6. The van der Waals surface area contributed by atoms with Crippen LogP contribution in [0.4, 0.5) is 0 Å². The number of carbonyl (C=O) groups is 2. The first-order valence-corrected chi connectivity index (χ1v) is 11.6. The van der Waals surface area contributed by atoms with Gasteiger partial charge in [-0.25, -0.2) is 0 Å².